The molecule has 140 valence electrons. The van der Waals surface area contributed by atoms with E-state index in [0.29, 0.717) is 13.1 Å². The lowest BCUT2D eigenvalue weighted by Crippen LogP contribution is -2.42. The molecule has 0 spiro atoms. The monoisotopic (exact) mass is 387 g/mol. The summed E-state index contributed by atoms with van der Waals surface area (Å²) < 4.78 is 26.3. The predicted molar refractivity (Wildman–Crippen MR) is 99.8 cm³/mol. The van der Waals surface area contributed by atoms with E-state index in [-0.39, 0.29) is 22.1 Å². The molecule has 1 aromatic carbocycles. The van der Waals surface area contributed by atoms with Crippen LogP contribution in [0.5, 0.6) is 0 Å². The average Bonchev–Trinajstić information content (AvgIpc) is 2.60. The first-order chi connectivity index (χ1) is 11.9. The van der Waals surface area contributed by atoms with E-state index in [1.54, 1.807) is 13.8 Å². The minimum atomic E-state index is -3.64. The van der Waals surface area contributed by atoms with Crippen LogP contribution in [-0.4, -0.2) is 49.1 Å². The lowest BCUT2D eigenvalue weighted by molar-refractivity contribution is -0.119. The van der Waals surface area contributed by atoms with Crippen molar-refractivity contribution in [1.29, 1.82) is 0 Å². The summed E-state index contributed by atoms with van der Waals surface area (Å²) in [5.41, 5.74) is 4.79. The van der Waals surface area contributed by atoms with Gasteiger partial charge in [0, 0.05) is 18.7 Å². The molecule has 0 radical (unpaired) electrons. The molecular formula is C16H25N3O4S2. The van der Waals surface area contributed by atoms with Crippen LogP contribution in [-0.2, 0) is 14.8 Å². The number of hydrogen-bond acceptors (Lipinski definition) is 5. The summed E-state index contributed by atoms with van der Waals surface area (Å²) in [6.45, 7) is 6.22. The molecule has 0 saturated carbocycles. The Kier molecular flexibility index (Phi) is 8.95. The summed E-state index contributed by atoms with van der Waals surface area (Å²) in [6, 6.07) is 5.75. The van der Waals surface area contributed by atoms with Crippen molar-refractivity contribution in [3.63, 3.8) is 0 Å². The van der Waals surface area contributed by atoms with E-state index < -0.39 is 15.9 Å². The number of carbonyl (C=O) groups is 2. The van der Waals surface area contributed by atoms with Gasteiger partial charge in [-0.15, -0.1) is 0 Å². The van der Waals surface area contributed by atoms with E-state index >= 15 is 0 Å². The van der Waals surface area contributed by atoms with Gasteiger partial charge in [-0.1, -0.05) is 26.8 Å². The maximum Gasteiger partial charge on any atom is 0.269 e. The first kappa shape index (κ1) is 21.5. The Morgan fingerprint density at radius 2 is 1.80 bits per heavy atom. The first-order valence-electron chi connectivity index (χ1n) is 8.13. The molecule has 2 amide bonds. The Balaban J connectivity index is 2.77. The number of hydrogen-bond donors (Lipinski definition) is 2. The largest absolute Gasteiger partial charge is 0.272 e. The van der Waals surface area contributed by atoms with E-state index in [0.717, 1.165) is 12.2 Å². The number of carbonyl (C=O) groups excluding carboxylic acids is 2. The topological polar surface area (TPSA) is 95.6 Å². The van der Waals surface area contributed by atoms with Crippen LogP contribution in [0.4, 0.5) is 0 Å². The van der Waals surface area contributed by atoms with Crippen molar-refractivity contribution in [2.24, 2.45) is 0 Å². The van der Waals surface area contributed by atoms with E-state index in [1.165, 1.54) is 40.3 Å². The summed E-state index contributed by atoms with van der Waals surface area (Å²) in [7, 11) is -3.64. The fourth-order valence-corrected chi connectivity index (χ4v) is 4.25. The van der Waals surface area contributed by atoms with Gasteiger partial charge in [0.2, 0.25) is 15.9 Å². The molecule has 0 saturated heterocycles. The third-order valence-corrected chi connectivity index (χ3v) is 6.55. The molecule has 0 bridgehead atoms. The SMILES string of the molecule is CCCSCC(=O)NNC(=O)c1cccc(S(=O)(=O)N(CC)CC)c1. The standard InChI is InChI=1S/C16H25N3O4S2/c1-4-10-24-12-15(20)17-18-16(21)13-8-7-9-14(11-13)25(22,23)19(5-2)6-3/h7-9,11H,4-6,10,12H2,1-3H3,(H,17,20)(H,18,21). The summed E-state index contributed by atoms with van der Waals surface area (Å²) >= 11 is 1.47. The van der Waals surface area contributed by atoms with Gasteiger partial charge in [-0.05, 0) is 30.4 Å². The van der Waals surface area contributed by atoms with Crippen LogP contribution in [0.3, 0.4) is 0 Å². The number of sulfonamides is 1. The van der Waals surface area contributed by atoms with E-state index in [2.05, 4.69) is 10.9 Å². The summed E-state index contributed by atoms with van der Waals surface area (Å²) in [4.78, 5) is 23.8. The molecule has 0 aliphatic carbocycles. The quantitative estimate of drug-likeness (QED) is 0.496. The zero-order valence-corrected chi connectivity index (χ0v) is 16.4. The number of nitrogens with zero attached hydrogens (tertiary/aromatic N) is 1. The Bertz CT molecular complexity index is 688. The van der Waals surface area contributed by atoms with Crippen molar-refractivity contribution in [3.05, 3.63) is 29.8 Å². The van der Waals surface area contributed by atoms with Crippen LogP contribution < -0.4 is 10.9 Å². The van der Waals surface area contributed by atoms with Gasteiger partial charge in [0.05, 0.1) is 10.6 Å². The normalized spacial score (nSPS) is 11.4. The van der Waals surface area contributed by atoms with Gasteiger partial charge in [-0.2, -0.15) is 16.1 Å². The highest BCUT2D eigenvalue weighted by Gasteiger charge is 2.22. The van der Waals surface area contributed by atoms with Crippen molar-refractivity contribution >= 4 is 33.6 Å². The minimum absolute atomic E-state index is 0.0497. The molecule has 0 heterocycles. The molecule has 1 rings (SSSR count). The van der Waals surface area contributed by atoms with Crippen LogP contribution >= 0.6 is 11.8 Å². The van der Waals surface area contributed by atoms with Gasteiger partial charge in [-0.3, -0.25) is 20.4 Å². The first-order valence-corrected chi connectivity index (χ1v) is 10.7. The summed E-state index contributed by atoms with van der Waals surface area (Å²) in [6.07, 6.45) is 0.970. The van der Waals surface area contributed by atoms with Gasteiger partial charge in [0.15, 0.2) is 0 Å². The molecule has 7 nitrogen and oxygen atoms in total. The Labute approximate surface area is 153 Å². The fraction of sp³-hybridized carbons (Fsp3) is 0.500. The molecule has 0 aliphatic heterocycles. The van der Waals surface area contributed by atoms with Gasteiger partial charge in [0.1, 0.15) is 0 Å². The predicted octanol–water partition coefficient (Wildman–Crippen LogP) is 1.62. The maximum absolute atomic E-state index is 12.5. The van der Waals surface area contributed by atoms with Gasteiger partial charge in [-0.25, -0.2) is 8.42 Å². The van der Waals surface area contributed by atoms with Crippen LogP contribution in [0.15, 0.2) is 29.2 Å². The molecule has 1 aromatic rings. The second kappa shape index (κ2) is 10.4. The Morgan fingerprint density at radius 1 is 1.12 bits per heavy atom. The molecule has 0 atom stereocenters. The molecule has 0 aliphatic rings. The van der Waals surface area contributed by atoms with Crippen LogP contribution in [0.2, 0.25) is 0 Å². The Morgan fingerprint density at radius 3 is 2.40 bits per heavy atom. The highest BCUT2D eigenvalue weighted by molar-refractivity contribution is 7.99. The molecule has 0 fully saturated rings. The number of thioether (sulfide) groups is 1. The van der Waals surface area contributed by atoms with E-state index in [1.807, 2.05) is 6.92 Å². The zero-order chi connectivity index (χ0) is 18.9. The number of amides is 2. The second-order valence-electron chi connectivity index (χ2n) is 5.17. The van der Waals surface area contributed by atoms with Crippen LogP contribution in [0.25, 0.3) is 0 Å². The van der Waals surface area contributed by atoms with E-state index in [9.17, 15) is 18.0 Å². The minimum Gasteiger partial charge on any atom is -0.272 e. The lowest BCUT2D eigenvalue weighted by atomic mass is 10.2. The van der Waals surface area contributed by atoms with Crippen molar-refractivity contribution in [1.82, 2.24) is 15.2 Å². The van der Waals surface area contributed by atoms with Gasteiger partial charge in [0.25, 0.3) is 5.91 Å². The van der Waals surface area contributed by atoms with Crippen LogP contribution in [0, 0.1) is 0 Å². The fourth-order valence-electron chi connectivity index (χ4n) is 2.05. The molecular weight excluding hydrogens is 362 g/mol. The number of nitrogens with one attached hydrogen (secondary N) is 2. The zero-order valence-electron chi connectivity index (χ0n) is 14.7. The van der Waals surface area contributed by atoms with Crippen LogP contribution in [0.1, 0.15) is 37.6 Å². The lowest BCUT2D eigenvalue weighted by Gasteiger charge is -2.18. The van der Waals surface area contributed by atoms with Crippen molar-refractivity contribution in [2.75, 3.05) is 24.6 Å². The summed E-state index contributed by atoms with van der Waals surface area (Å²) in [5.74, 6) is 0.251. The highest BCUT2D eigenvalue weighted by atomic mass is 32.2. The molecule has 0 unspecified atom stereocenters. The maximum atomic E-state index is 12.5. The number of rotatable bonds is 9. The number of hydrazine groups is 1. The number of benzene rings is 1. The average molecular weight is 388 g/mol. The third kappa shape index (κ3) is 6.33. The van der Waals surface area contributed by atoms with Gasteiger partial charge >= 0.3 is 0 Å². The second-order valence-corrected chi connectivity index (χ2v) is 8.22. The smallest absolute Gasteiger partial charge is 0.269 e. The Hall–Kier alpha value is -1.58. The third-order valence-electron chi connectivity index (χ3n) is 3.34. The van der Waals surface area contributed by atoms with Crippen molar-refractivity contribution in [3.8, 4) is 0 Å². The van der Waals surface area contributed by atoms with Crippen molar-refractivity contribution in [2.45, 2.75) is 32.1 Å². The molecule has 9 heteroatoms. The van der Waals surface area contributed by atoms with Crippen molar-refractivity contribution < 1.29 is 18.0 Å². The molecule has 0 aromatic heterocycles. The highest BCUT2D eigenvalue weighted by Crippen LogP contribution is 2.16. The summed E-state index contributed by atoms with van der Waals surface area (Å²) in [5, 5.41) is 0. The van der Waals surface area contributed by atoms with Gasteiger partial charge < -0.3 is 0 Å². The van der Waals surface area contributed by atoms with E-state index in [4.69, 9.17) is 0 Å². The molecule has 2 N–H and O–H groups in total. The molecule has 25 heavy (non-hydrogen) atoms.